The van der Waals surface area contributed by atoms with Gasteiger partial charge in [0.15, 0.2) is 0 Å². The summed E-state index contributed by atoms with van der Waals surface area (Å²) in [5.41, 5.74) is 1.29. The van der Waals surface area contributed by atoms with Crippen LogP contribution in [-0.2, 0) is 11.2 Å². The van der Waals surface area contributed by atoms with Gasteiger partial charge in [0.25, 0.3) is 0 Å². The van der Waals surface area contributed by atoms with Crippen molar-refractivity contribution in [2.75, 3.05) is 6.54 Å². The van der Waals surface area contributed by atoms with Gasteiger partial charge in [0.2, 0.25) is 5.91 Å². The Morgan fingerprint density at radius 1 is 1.22 bits per heavy atom. The normalized spacial score (nSPS) is 21.1. The van der Waals surface area contributed by atoms with E-state index in [9.17, 15) is 14.7 Å². The van der Waals surface area contributed by atoms with E-state index in [2.05, 4.69) is 0 Å². The molecular weight excluding hydrogens is 342 g/mol. The van der Waals surface area contributed by atoms with Gasteiger partial charge >= 0.3 is 5.97 Å². The fourth-order valence-electron chi connectivity index (χ4n) is 3.68. The van der Waals surface area contributed by atoms with E-state index >= 15 is 0 Å². The highest BCUT2D eigenvalue weighted by molar-refractivity contribution is 5.87. The van der Waals surface area contributed by atoms with Gasteiger partial charge in [0.05, 0.1) is 17.7 Å². The van der Waals surface area contributed by atoms with Crippen molar-refractivity contribution in [2.24, 2.45) is 5.92 Å². The smallest absolute Gasteiger partial charge is 0.335 e. The lowest BCUT2D eigenvalue weighted by atomic mass is 10.1. The number of aliphatic hydroxyl groups is 1. The van der Waals surface area contributed by atoms with Crippen molar-refractivity contribution in [1.82, 2.24) is 4.90 Å². The first-order valence-electron chi connectivity index (χ1n) is 10.0. The summed E-state index contributed by atoms with van der Waals surface area (Å²) in [6.45, 7) is 0.609. The molecule has 0 bridgehead atoms. The molecule has 27 heavy (non-hydrogen) atoms. The molecule has 5 nitrogen and oxygen atoms in total. The van der Waals surface area contributed by atoms with Gasteiger partial charge in [-0.15, -0.1) is 0 Å². The number of carboxylic acid groups (broad SMARTS) is 1. The first kappa shape index (κ1) is 19.6. The summed E-state index contributed by atoms with van der Waals surface area (Å²) in [7, 11) is 0. The van der Waals surface area contributed by atoms with E-state index in [1.165, 1.54) is 19.3 Å². The van der Waals surface area contributed by atoms with Gasteiger partial charge < -0.3 is 15.1 Å². The average molecular weight is 371 g/mol. The van der Waals surface area contributed by atoms with Crippen molar-refractivity contribution in [3.05, 3.63) is 47.5 Å². The second-order valence-electron chi connectivity index (χ2n) is 7.77. The largest absolute Gasteiger partial charge is 0.478 e. The van der Waals surface area contributed by atoms with Crippen molar-refractivity contribution in [3.63, 3.8) is 0 Å². The number of carboxylic acids is 1. The molecule has 1 heterocycles. The number of rotatable bonds is 10. The molecule has 0 aromatic heterocycles. The molecule has 1 aliphatic carbocycles. The van der Waals surface area contributed by atoms with E-state index in [4.69, 9.17) is 5.11 Å². The number of hydrogen-bond acceptors (Lipinski definition) is 3. The molecule has 1 aliphatic heterocycles. The molecular formula is C22H29NO4. The number of likely N-dealkylation sites (tertiary alicyclic amines) is 1. The van der Waals surface area contributed by atoms with Crippen LogP contribution in [0.15, 0.2) is 36.4 Å². The topological polar surface area (TPSA) is 77.8 Å². The number of carbonyl (C=O) groups is 2. The molecule has 3 rings (SSSR count). The minimum absolute atomic E-state index is 0.0499. The van der Waals surface area contributed by atoms with Crippen LogP contribution in [0.5, 0.6) is 0 Å². The third-order valence-electron chi connectivity index (χ3n) is 5.58. The molecule has 0 spiro atoms. The number of aliphatic hydroxyl groups excluding tert-OH is 1. The molecule has 2 aliphatic rings. The Kier molecular flexibility index (Phi) is 6.67. The molecule has 146 valence electrons. The zero-order chi connectivity index (χ0) is 19.2. The number of nitrogens with zero attached hydrogens (tertiary/aromatic N) is 1. The quantitative estimate of drug-likeness (QED) is 0.618. The number of benzene rings is 1. The molecule has 1 saturated heterocycles. The van der Waals surface area contributed by atoms with Crippen LogP contribution in [0, 0.1) is 5.92 Å². The molecule has 2 fully saturated rings. The van der Waals surface area contributed by atoms with Crippen LogP contribution >= 0.6 is 0 Å². The molecule has 5 heteroatoms. The Bertz CT molecular complexity index is 678. The second-order valence-corrected chi connectivity index (χ2v) is 7.77. The highest BCUT2D eigenvalue weighted by atomic mass is 16.4. The van der Waals surface area contributed by atoms with E-state index in [0.29, 0.717) is 19.4 Å². The summed E-state index contributed by atoms with van der Waals surface area (Å²) in [6.07, 6.45) is 11.2. The molecule has 1 aromatic rings. The highest BCUT2D eigenvalue weighted by Gasteiger charge is 2.28. The van der Waals surface area contributed by atoms with Gasteiger partial charge in [-0.2, -0.15) is 0 Å². The van der Waals surface area contributed by atoms with Crippen LogP contribution < -0.4 is 0 Å². The standard InChI is InChI=1S/C22H29NO4/c24-20(3-1-2-16-4-5-16)12-10-19-11-13-21(25)23(19)15-14-17-6-8-18(9-7-17)22(26)27/h6-10,12,16,19-20,24H,1-5,11,13-15H2,(H,26,27)/b12-10-. The van der Waals surface area contributed by atoms with Gasteiger partial charge in [0, 0.05) is 13.0 Å². The lowest BCUT2D eigenvalue weighted by Crippen LogP contribution is -2.33. The molecule has 2 N–H and O–H groups in total. The third-order valence-corrected chi connectivity index (χ3v) is 5.58. The van der Waals surface area contributed by atoms with Crippen LogP contribution in [0.2, 0.25) is 0 Å². The number of hydrogen-bond donors (Lipinski definition) is 2. The second kappa shape index (κ2) is 9.18. The Hall–Kier alpha value is -2.14. The van der Waals surface area contributed by atoms with E-state index in [1.54, 1.807) is 24.3 Å². The lowest BCUT2D eigenvalue weighted by molar-refractivity contribution is -0.128. The fraction of sp³-hybridized carbons (Fsp3) is 0.545. The highest BCUT2D eigenvalue weighted by Crippen LogP contribution is 2.34. The van der Waals surface area contributed by atoms with Gasteiger partial charge in [-0.25, -0.2) is 4.79 Å². The molecule has 1 aromatic carbocycles. The van der Waals surface area contributed by atoms with Crippen LogP contribution in [0.3, 0.4) is 0 Å². The van der Waals surface area contributed by atoms with Crippen LogP contribution in [0.1, 0.15) is 60.9 Å². The lowest BCUT2D eigenvalue weighted by Gasteiger charge is -2.23. The molecule has 1 amide bonds. The number of amides is 1. The van der Waals surface area contributed by atoms with Gasteiger partial charge in [0.1, 0.15) is 0 Å². The molecule has 2 unspecified atom stereocenters. The summed E-state index contributed by atoms with van der Waals surface area (Å²) < 4.78 is 0. The summed E-state index contributed by atoms with van der Waals surface area (Å²) in [5, 5.41) is 19.1. The Labute approximate surface area is 160 Å². The average Bonchev–Trinajstić information content (AvgIpc) is 3.41. The van der Waals surface area contributed by atoms with E-state index in [0.717, 1.165) is 30.7 Å². The van der Waals surface area contributed by atoms with Crippen LogP contribution in [-0.4, -0.2) is 45.7 Å². The minimum Gasteiger partial charge on any atom is -0.478 e. The summed E-state index contributed by atoms with van der Waals surface area (Å²) in [6, 6.07) is 6.85. The monoisotopic (exact) mass is 371 g/mol. The summed E-state index contributed by atoms with van der Waals surface area (Å²) in [5.74, 6) is 0.112. The van der Waals surface area contributed by atoms with Gasteiger partial charge in [-0.3, -0.25) is 4.79 Å². The zero-order valence-electron chi connectivity index (χ0n) is 15.7. The maximum atomic E-state index is 12.2. The van der Waals surface area contributed by atoms with E-state index < -0.39 is 12.1 Å². The van der Waals surface area contributed by atoms with Crippen molar-refractivity contribution in [1.29, 1.82) is 0 Å². The van der Waals surface area contributed by atoms with Crippen molar-refractivity contribution in [2.45, 2.75) is 63.5 Å². The predicted octanol–water partition coefficient (Wildman–Crippen LogP) is 3.42. The van der Waals surface area contributed by atoms with Gasteiger partial charge in [-0.05, 0) is 42.9 Å². The van der Waals surface area contributed by atoms with Gasteiger partial charge in [-0.1, -0.05) is 50.0 Å². The molecule has 0 radical (unpaired) electrons. The Balaban J connectivity index is 1.47. The Morgan fingerprint density at radius 2 is 1.96 bits per heavy atom. The van der Waals surface area contributed by atoms with Crippen molar-refractivity contribution in [3.8, 4) is 0 Å². The fourth-order valence-corrected chi connectivity index (χ4v) is 3.68. The first-order valence-corrected chi connectivity index (χ1v) is 10.0. The van der Waals surface area contributed by atoms with Crippen molar-refractivity contribution < 1.29 is 19.8 Å². The summed E-state index contributed by atoms with van der Waals surface area (Å²) >= 11 is 0. The first-order chi connectivity index (χ1) is 13.0. The van der Waals surface area contributed by atoms with E-state index in [-0.39, 0.29) is 17.5 Å². The predicted molar refractivity (Wildman–Crippen MR) is 104 cm³/mol. The maximum Gasteiger partial charge on any atom is 0.335 e. The minimum atomic E-state index is -0.933. The van der Waals surface area contributed by atoms with Crippen LogP contribution in [0.4, 0.5) is 0 Å². The molecule has 2 atom stereocenters. The number of aromatic carboxylic acids is 1. The van der Waals surface area contributed by atoms with E-state index in [1.807, 2.05) is 17.1 Å². The SMILES string of the molecule is O=C(O)c1ccc(CCN2C(=O)CCC2/C=C\C(O)CCCC2CC2)cc1. The maximum absolute atomic E-state index is 12.2. The number of carbonyl (C=O) groups excluding carboxylic acids is 1. The Morgan fingerprint density at radius 3 is 2.63 bits per heavy atom. The third kappa shape index (κ3) is 5.93. The van der Waals surface area contributed by atoms with Crippen LogP contribution in [0.25, 0.3) is 0 Å². The zero-order valence-corrected chi connectivity index (χ0v) is 15.7. The molecule has 1 saturated carbocycles. The summed E-state index contributed by atoms with van der Waals surface area (Å²) in [4.78, 5) is 25.0. The van der Waals surface area contributed by atoms with Crippen molar-refractivity contribution >= 4 is 11.9 Å².